The van der Waals surface area contributed by atoms with Gasteiger partial charge in [0.1, 0.15) is 0 Å². The van der Waals surface area contributed by atoms with Gasteiger partial charge in [-0.25, -0.2) is 0 Å². The van der Waals surface area contributed by atoms with Crippen molar-refractivity contribution >= 4 is 28.5 Å². The molecule has 1 fully saturated rings. The zero-order valence-electron chi connectivity index (χ0n) is 24.5. The highest BCUT2D eigenvalue weighted by atomic mass is 35.5. The highest BCUT2D eigenvalue weighted by Gasteiger charge is 2.53. The Morgan fingerprint density at radius 3 is 2.24 bits per heavy atom. The van der Waals surface area contributed by atoms with Gasteiger partial charge in [0.25, 0.3) is 0 Å². The van der Waals surface area contributed by atoms with Crippen LogP contribution in [0.4, 0.5) is 0 Å². The Bertz CT molecular complexity index is 1580. The van der Waals surface area contributed by atoms with E-state index in [1.165, 1.54) is 38.9 Å². The average molecular weight is 566 g/mol. The lowest BCUT2D eigenvalue weighted by molar-refractivity contribution is -0.152. The monoisotopic (exact) mass is 565 g/mol. The minimum atomic E-state index is -0.705. The second kappa shape index (κ2) is 10.5. The van der Waals surface area contributed by atoms with Gasteiger partial charge in [-0.1, -0.05) is 97.8 Å². The van der Waals surface area contributed by atoms with Crippen LogP contribution in [0.3, 0.4) is 0 Å². The molecule has 0 radical (unpaired) electrons. The highest BCUT2D eigenvalue weighted by molar-refractivity contribution is 6.31. The number of carbonyl (C=O) groups is 1. The van der Waals surface area contributed by atoms with Gasteiger partial charge < -0.3 is 9.67 Å². The average Bonchev–Trinajstić information content (AvgIpc) is 3.22. The van der Waals surface area contributed by atoms with Gasteiger partial charge in [-0.2, -0.15) is 0 Å². The normalized spacial score (nSPS) is 26.1. The van der Waals surface area contributed by atoms with Crippen molar-refractivity contribution in [1.82, 2.24) is 4.57 Å². The summed E-state index contributed by atoms with van der Waals surface area (Å²) in [6, 6.07) is 27.8. The number of nitrogens with zero attached hydrogens (tertiary/aromatic N) is 1. The molecule has 0 spiro atoms. The van der Waals surface area contributed by atoms with Crippen LogP contribution in [0.15, 0.2) is 90.5 Å². The van der Waals surface area contributed by atoms with E-state index in [4.69, 9.17) is 11.6 Å². The van der Waals surface area contributed by atoms with Gasteiger partial charge >= 0.3 is 5.97 Å². The number of carboxylic acids is 1. The lowest BCUT2D eigenvalue weighted by Gasteiger charge is -2.52. The SMILES string of the molecule is Cc1c(C[C@]2(C)C3=CCC[C@](C)(C(=O)O)[C@H]3CC[C@H]2C)c2cc(Cl)ccc2n1C(c1ccccc1)c1ccccc1. The first kappa shape index (κ1) is 27.8. The maximum atomic E-state index is 12.6. The topological polar surface area (TPSA) is 42.2 Å². The third-order valence-corrected chi connectivity index (χ3v) is 10.9. The van der Waals surface area contributed by atoms with Gasteiger partial charge in [0.05, 0.1) is 11.5 Å². The number of carboxylic acid groups (broad SMARTS) is 1. The second-order valence-electron chi connectivity index (χ2n) is 12.9. The van der Waals surface area contributed by atoms with Crippen LogP contribution in [0, 0.1) is 29.6 Å². The minimum Gasteiger partial charge on any atom is -0.481 e. The molecule has 6 rings (SSSR count). The van der Waals surface area contributed by atoms with Gasteiger partial charge in [0.15, 0.2) is 0 Å². The molecule has 2 aliphatic carbocycles. The molecular formula is C37H40ClNO2. The number of aliphatic carboxylic acids is 1. The molecular weight excluding hydrogens is 526 g/mol. The molecule has 4 heteroatoms. The van der Waals surface area contributed by atoms with E-state index in [9.17, 15) is 9.90 Å². The Labute approximate surface area is 248 Å². The largest absolute Gasteiger partial charge is 0.481 e. The van der Waals surface area contributed by atoms with Crippen LogP contribution in [0.5, 0.6) is 0 Å². The quantitative estimate of drug-likeness (QED) is 0.236. The zero-order valence-corrected chi connectivity index (χ0v) is 25.3. The number of rotatable bonds is 6. The van der Waals surface area contributed by atoms with Crippen LogP contribution in [-0.4, -0.2) is 15.6 Å². The van der Waals surface area contributed by atoms with Gasteiger partial charge in [-0.3, -0.25) is 4.79 Å². The number of benzene rings is 3. The predicted molar refractivity (Wildman–Crippen MR) is 169 cm³/mol. The van der Waals surface area contributed by atoms with E-state index >= 15 is 0 Å². The number of allylic oxidation sites excluding steroid dienone is 2. The molecule has 0 unspecified atom stereocenters. The van der Waals surface area contributed by atoms with Crippen LogP contribution in [-0.2, 0) is 11.2 Å². The van der Waals surface area contributed by atoms with Crippen LogP contribution in [0.1, 0.15) is 74.9 Å². The Balaban J connectivity index is 1.54. The fourth-order valence-corrected chi connectivity index (χ4v) is 8.18. The first-order chi connectivity index (χ1) is 19.6. The smallest absolute Gasteiger partial charge is 0.309 e. The first-order valence-corrected chi connectivity index (χ1v) is 15.4. The zero-order chi connectivity index (χ0) is 28.9. The molecule has 0 saturated heterocycles. The predicted octanol–water partition coefficient (Wildman–Crippen LogP) is 9.65. The van der Waals surface area contributed by atoms with Gasteiger partial charge in [-0.05, 0) is 98.1 Å². The van der Waals surface area contributed by atoms with Crippen molar-refractivity contribution in [1.29, 1.82) is 0 Å². The molecule has 4 aromatic rings. The molecule has 0 bridgehead atoms. The van der Waals surface area contributed by atoms with Gasteiger partial charge in [0, 0.05) is 21.6 Å². The van der Waals surface area contributed by atoms with Crippen molar-refractivity contribution in [3.63, 3.8) is 0 Å². The molecule has 1 aromatic heterocycles. The van der Waals surface area contributed by atoms with E-state index < -0.39 is 11.4 Å². The molecule has 1 saturated carbocycles. The lowest BCUT2D eigenvalue weighted by atomic mass is 9.51. The fraction of sp³-hybridized carbons (Fsp3) is 0.378. The summed E-state index contributed by atoms with van der Waals surface area (Å²) >= 11 is 6.67. The third-order valence-electron chi connectivity index (χ3n) is 10.7. The molecule has 1 N–H and O–H groups in total. The third kappa shape index (κ3) is 4.54. The Morgan fingerprint density at radius 2 is 1.63 bits per heavy atom. The van der Waals surface area contributed by atoms with Gasteiger partial charge in [0.2, 0.25) is 0 Å². The van der Waals surface area contributed by atoms with E-state index in [2.05, 4.69) is 104 Å². The van der Waals surface area contributed by atoms with E-state index in [1.54, 1.807) is 0 Å². The molecule has 4 atom stereocenters. The summed E-state index contributed by atoms with van der Waals surface area (Å²) in [5.74, 6) is -0.135. The van der Waals surface area contributed by atoms with Crippen LogP contribution in [0.25, 0.3) is 10.9 Å². The fourth-order valence-electron chi connectivity index (χ4n) is 8.01. The summed E-state index contributed by atoms with van der Waals surface area (Å²) in [5, 5.41) is 12.2. The number of aromatic nitrogens is 1. The molecule has 212 valence electrons. The summed E-state index contributed by atoms with van der Waals surface area (Å²) in [5.41, 5.74) is 6.74. The summed E-state index contributed by atoms with van der Waals surface area (Å²) in [6.45, 7) is 8.99. The number of hydrogen-bond acceptors (Lipinski definition) is 1. The van der Waals surface area contributed by atoms with Crippen LogP contribution >= 0.6 is 11.6 Å². The Kier molecular flexibility index (Phi) is 7.14. The summed E-state index contributed by atoms with van der Waals surface area (Å²) in [7, 11) is 0. The molecule has 3 nitrogen and oxygen atoms in total. The van der Waals surface area contributed by atoms with Crippen LogP contribution < -0.4 is 0 Å². The maximum Gasteiger partial charge on any atom is 0.309 e. The summed E-state index contributed by atoms with van der Waals surface area (Å²) < 4.78 is 2.50. The van der Waals surface area contributed by atoms with E-state index in [-0.39, 0.29) is 17.4 Å². The second-order valence-corrected chi connectivity index (χ2v) is 13.3. The van der Waals surface area contributed by atoms with Crippen molar-refractivity contribution in [2.24, 2.45) is 22.7 Å². The maximum absolute atomic E-state index is 12.6. The standard InChI is InChI=1S/C37H40ClNO2/c1-24-17-19-32-31(16-11-21-36(32,3)35(40)41)37(24,4)23-30-25(2)39(33-20-18-28(38)22-29(30)33)34(26-12-7-5-8-13-26)27-14-9-6-10-15-27/h5-10,12-16,18,20,22,24,32,34H,11,17,19,21,23H2,1-4H3,(H,40,41)/t24-,32+,36+,37+/m1/s1. The first-order valence-electron chi connectivity index (χ1n) is 15.0. The molecule has 0 aliphatic heterocycles. The highest BCUT2D eigenvalue weighted by Crippen LogP contribution is 2.58. The van der Waals surface area contributed by atoms with E-state index in [0.717, 1.165) is 30.7 Å². The number of fused-ring (bicyclic) bond motifs is 2. The summed E-state index contributed by atoms with van der Waals surface area (Å²) in [6.07, 6.45) is 6.78. The molecule has 1 heterocycles. The van der Waals surface area contributed by atoms with Crippen molar-refractivity contribution in [2.75, 3.05) is 0 Å². The van der Waals surface area contributed by atoms with Crippen molar-refractivity contribution in [2.45, 2.75) is 65.8 Å². The molecule has 41 heavy (non-hydrogen) atoms. The molecule has 0 amide bonds. The molecule has 2 aliphatic rings. The number of halogens is 1. The minimum absolute atomic E-state index is 0.0170. The van der Waals surface area contributed by atoms with Crippen molar-refractivity contribution in [3.8, 4) is 0 Å². The van der Waals surface area contributed by atoms with Crippen LogP contribution in [0.2, 0.25) is 5.02 Å². The van der Waals surface area contributed by atoms with E-state index in [1.807, 2.05) is 13.0 Å². The van der Waals surface area contributed by atoms with E-state index in [0.29, 0.717) is 12.3 Å². The lowest BCUT2D eigenvalue weighted by Crippen LogP contribution is -2.48. The van der Waals surface area contributed by atoms with Gasteiger partial charge in [-0.15, -0.1) is 0 Å². The van der Waals surface area contributed by atoms with Crippen molar-refractivity contribution < 1.29 is 9.90 Å². The summed E-state index contributed by atoms with van der Waals surface area (Å²) in [4.78, 5) is 12.6. The van der Waals surface area contributed by atoms with Crippen molar-refractivity contribution in [3.05, 3.63) is 118 Å². The molecule has 3 aromatic carbocycles. The number of hydrogen-bond donors (Lipinski definition) is 1. The Morgan fingerprint density at radius 1 is 1.00 bits per heavy atom. The Hall–Kier alpha value is -3.30.